The second-order valence-electron chi connectivity index (χ2n) is 5.84. The van der Waals surface area contributed by atoms with E-state index >= 15 is 0 Å². The molecule has 0 aliphatic rings. The van der Waals surface area contributed by atoms with Crippen LogP contribution in [-0.2, 0) is 26.5 Å². The molecule has 0 saturated carbocycles. The molecule has 0 N–H and O–H groups in total. The number of sulfone groups is 1. The van der Waals surface area contributed by atoms with E-state index in [0.29, 0.717) is 11.6 Å². The van der Waals surface area contributed by atoms with Crippen molar-refractivity contribution >= 4 is 21.6 Å². The Morgan fingerprint density at radius 3 is 2.19 bits per heavy atom. The number of hydrogen-bond donors (Lipinski definition) is 0. The molecule has 0 heterocycles. The van der Waals surface area contributed by atoms with E-state index in [9.17, 15) is 31.2 Å². The quantitative estimate of drug-likeness (QED) is 0.549. The minimum atomic E-state index is -4.58. The van der Waals surface area contributed by atoms with E-state index in [1.54, 1.807) is 0 Å². The summed E-state index contributed by atoms with van der Waals surface area (Å²) in [5.74, 6) is -1.81. The number of hydrogen-bond acceptors (Lipinski definition) is 5. The Labute approximate surface area is 153 Å². The van der Waals surface area contributed by atoms with E-state index in [1.807, 2.05) is 0 Å². The van der Waals surface area contributed by atoms with Crippen molar-refractivity contribution < 1.29 is 35.9 Å². The van der Waals surface area contributed by atoms with Gasteiger partial charge in [-0.25, -0.2) is 13.2 Å². The lowest BCUT2D eigenvalue weighted by Gasteiger charge is -2.09. The molecule has 0 radical (unpaired) electrons. The zero-order valence-corrected chi connectivity index (χ0v) is 14.9. The first-order valence-corrected chi connectivity index (χ1v) is 9.66. The molecule has 0 spiro atoms. The third-order valence-corrected chi connectivity index (χ3v) is 4.32. The van der Waals surface area contributed by atoms with E-state index in [0.717, 1.165) is 18.4 Å². The molecule has 5 nitrogen and oxygen atoms in total. The average Bonchev–Trinajstić information content (AvgIpc) is 2.58. The second-order valence-corrected chi connectivity index (χ2v) is 7.99. The predicted octanol–water partition coefficient (Wildman–Crippen LogP) is 3.29. The fourth-order valence-corrected chi connectivity index (χ4v) is 3.00. The van der Waals surface area contributed by atoms with Gasteiger partial charge in [0, 0.05) is 11.8 Å². The third-order valence-electron chi connectivity index (χ3n) is 3.46. The van der Waals surface area contributed by atoms with Gasteiger partial charge in [0.05, 0.1) is 16.9 Å². The van der Waals surface area contributed by atoms with Crippen LogP contribution in [0.4, 0.5) is 13.2 Å². The number of halogens is 3. The molecule has 0 aliphatic carbocycles. The van der Waals surface area contributed by atoms with Crippen LogP contribution >= 0.6 is 0 Å². The first kappa shape index (κ1) is 20.6. The zero-order valence-electron chi connectivity index (χ0n) is 14.1. The van der Waals surface area contributed by atoms with Crippen molar-refractivity contribution in [2.45, 2.75) is 11.9 Å². The molecule has 0 amide bonds. The Balaban J connectivity index is 2.00. The normalized spacial score (nSPS) is 11.9. The monoisotopic (exact) mass is 400 g/mol. The van der Waals surface area contributed by atoms with Crippen molar-refractivity contribution in [3.8, 4) is 0 Å². The number of alkyl halides is 3. The summed E-state index contributed by atoms with van der Waals surface area (Å²) in [4.78, 5) is 23.9. The van der Waals surface area contributed by atoms with Gasteiger partial charge >= 0.3 is 12.1 Å². The lowest BCUT2D eigenvalue weighted by molar-refractivity contribution is -0.137. The highest BCUT2D eigenvalue weighted by molar-refractivity contribution is 7.89. The fourth-order valence-electron chi connectivity index (χ4n) is 2.21. The standard InChI is InChI=1S/C18H15F3O5S/c1-27(24,25)11-12-5-7-13(8-6-12)17(23)26-10-16(22)14-3-2-4-15(9-14)18(19,20)21/h2-9H,10-11H2,1H3. The molecule has 0 atom stereocenters. The lowest BCUT2D eigenvalue weighted by Crippen LogP contribution is -2.15. The molecule has 0 fully saturated rings. The molecule has 0 aromatic heterocycles. The summed E-state index contributed by atoms with van der Waals surface area (Å²) in [6, 6.07) is 9.38. The first-order valence-electron chi connectivity index (χ1n) is 7.60. The third kappa shape index (κ3) is 6.21. The maximum atomic E-state index is 12.7. The van der Waals surface area contributed by atoms with E-state index < -0.39 is 39.9 Å². The van der Waals surface area contributed by atoms with Crippen molar-refractivity contribution in [2.24, 2.45) is 0 Å². The Morgan fingerprint density at radius 1 is 1.00 bits per heavy atom. The fraction of sp³-hybridized carbons (Fsp3) is 0.222. The number of esters is 1. The highest BCUT2D eigenvalue weighted by Gasteiger charge is 2.30. The van der Waals surface area contributed by atoms with Gasteiger partial charge in [0.25, 0.3) is 0 Å². The van der Waals surface area contributed by atoms with E-state index in [2.05, 4.69) is 0 Å². The molecule has 0 saturated heterocycles. The number of rotatable bonds is 6. The summed E-state index contributed by atoms with van der Waals surface area (Å²) in [7, 11) is -3.22. The SMILES string of the molecule is CS(=O)(=O)Cc1ccc(C(=O)OCC(=O)c2cccc(C(F)(F)F)c2)cc1. The van der Waals surface area contributed by atoms with Crippen LogP contribution < -0.4 is 0 Å². The van der Waals surface area contributed by atoms with Gasteiger partial charge in [0.15, 0.2) is 22.2 Å². The van der Waals surface area contributed by atoms with Crippen LogP contribution in [-0.4, -0.2) is 33.0 Å². The molecule has 144 valence electrons. The van der Waals surface area contributed by atoms with Gasteiger partial charge in [-0.15, -0.1) is 0 Å². The van der Waals surface area contributed by atoms with Crippen molar-refractivity contribution in [3.63, 3.8) is 0 Å². The smallest absolute Gasteiger partial charge is 0.416 e. The van der Waals surface area contributed by atoms with E-state index in [-0.39, 0.29) is 16.9 Å². The number of ether oxygens (including phenoxy) is 1. The second kappa shape index (κ2) is 7.91. The van der Waals surface area contributed by atoms with Crippen molar-refractivity contribution in [1.82, 2.24) is 0 Å². The number of carbonyl (C=O) groups is 2. The van der Waals surface area contributed by atoms with E-state index in [1.165, 1.54) is 30.3 Å². The Hall–Kier alpha value is -2.68. The van der Waals surface area contributed by atoms with Crippen LogP contribution in [0.3, 0.4) is 0 Å². The number of ketones is 1. The molecule has 2 aromatic carbocycles. The van der Waals surface area contributed by atoms with Gasteiger partial charge < -0.3 is 4.74 Å². The highest BCUT2D eigenvalue weighted by Crippen LogP contribution is 2.29. The molecule has 0 aliphatic heterocycles. The first-order chi connectivity index (χ1) is 12.5. The largest absolute Gasteiger partial charge is 0.454 e. The summed E-state index contributed by atoms with van der Waals surface area (Å²) < 4.78 is 65.3. The Bertz CT molecular complexity index is 948. The van der Waals surface area contributed by atoms with Gasteiger partial charge in [0.2, 0.25) is 0 Å². The molecule has 2 aromatic rings. The summed E-state index contributed by atoms with van der Waals surface area (Å²) in [6.45, 7) is -0.717. The van der Waals surface area contributed by atoms with Crippen LogP contribution in [0, 0.1) is 0 Å². The van der Waals surface area contributed by atoms with Crippen LogP contribution in [0.1, 0.15) is 31.8 Å². The molecular formula is C18H15F3O5S. The topological polar surface area (TPSA) is 77.5 Å². The predicted molar refractivity (Wildman–Crippen MR) is 91.0 cm³/mol. The maximum Gasteiger partial charge on any atom is 0.416 e. The van der Waals surface area contributed by atoms with Gasteiger partial charge in [0.1, 0.15) is 0 Å². The molecule has 27 heavy (non-hydrogen) atoms. The molecule has 2 rings (SSSR count). The number of carbonyl (C=O) groups excluding carboxylic acids is 2. The van der Waals surface area contributed by atoms with Crippen molar-refractivity contribution in [3.05, 3.63) is 70.8 Å². The van der Waals surface area contributed by atoms with Gasteiger partial charge in [-0.2, -0.15) is 13.2 Å². The highest BCUT2D eigenvalue weighted by atomic mass is 32.2. The van der Waals surface area contributed by atoms with E-state index in [4.69, 9.17) is 4.74 Å². The molecular weight excluding hydrogens is 385 g/mol. The summed E-state index contributed by atoms with van der Waals surface area (Å²) in [6.07, 6.45) is -3.50. The average molecular weight is 400 g/mol. The van der Waals surface area contributed by atoms with Crippen molar-refractivity contribution in [2.75, 3.05) is 12.9 Å². The van der Waals surface area contributed by atoms with Gasteiger partial charge in [-0.3, -0.25) is 4.79 Å². The lowest BCUT2D eigenvalue weighted by atomic mass is 10.1. The summed E-state index contributed by atoms with van der Waals surface area (Å²) >= 11 is 0. The van der Waals surface area contributed by atoms with Crippen LogP contribution in [0.15, 0.2) is 48.5 Å². The summed E-state index contributed by atoms with van der Waals surface area (Å²) in [5.41, 5.74) is -0.625. The molecule has 9 heteroatoms. The maximum absolute atomic E-state index is 12.7. The summed E-state index contributed by atoms with van der Waals surface area (Å²) in [5, 5.41) is 0. The minimum absolute atomic E-state index is 0.0871. The minimum Gasteiger partial charge on any atom is -0.454 e. The van der Waals surface area contributed by atoms with Crippen molar-refractivity contribution in [1.29, 1.82) is 0 Å². The Kier molecular flexibility index (Phi) is 6.04. The number of Topliss-reactive ketones (excluding diaryl/α,β-unsaturated/α-hetero) is 1. The van der Waals surface area contributed by atoms with Crippen LogP contribution in [0.5, 0.6) is 0 Å². The van der Waals surface area contributed by atoms with Gasteiger partial charge in [-0.1, -0.05) is 24.3 Å². The molecule has 0 unspecified atom stereocenters. The van der Waals surface area contributed by atoms with Gasteiger partial charge in [-0.05, 0) is 29.8 Å². The van der Waals surface area contributed by atoms with Crippen LogP contribution in [0.25, 0.3) is 0 Å². The zero-order chi connectivity index (χ0) is 20.2. The van der Waals surface area contributed by atoms with Crippen LogP contribution in [0.2, 0.25) is 0 Å². The Morgan fingerprint density at radius 2 is 1.63 bits per heavy atom. The molecule has 0 bridgehead atoms. The number of benzene rings is 2.